The number of sulfonamides is 1. The third-order valence-electron chi connectivity index (χ3n) is 3.30. The summed E-state index contributed by atoms with van der Waals surface area (Å²) in [4.78, 5) is 0.170. The van der Waals surface area contributed by atoms with Crippen molar-refractivity contribution in [3.8, 4) is 5.75 Å². The molecule has 1 aromatic carbocycles. The molecule has 2 unspecified atom stereocenters. The summed E-state index contributed by atoms with van der Waals surface area (Å²) in [5, 5.41) is 18.8. The second-order valence-corrected chi connectivity index (χ2v) is 6.63. The van der Waals surface area contributed by atoms with Gasteiger partial charge in [-0.2, -0.15) is 4.31 Å². The Balaban J connectivity index is 2.24. The molecule has 0 aliphatic carbocycles. The molecule has 1 heterocycles. The molecule has 0 bridgehead atoms. The van der Waals surface area contributed by atoms with Gasteiger partial charge in [-0.15, -0.1) is 0 Å². The third-order valence-corrected chi connectivity index (χ3v) is 5.18. The highest BCUT2D eigenvalue weighted by Crippen LogP contribution is 2.24. The fourth-order valence-electron chi connectivity index (χ4n) is 2.08. The highest BCUT2D eigenvalue weighted by atomic mass is 32.2. The summed E-state index contributed by atoms with van der Waals surface area (Å²) in [5.74, 6) is -0.0259. The monoisotopic (exact) mass is 271 g/mol. The molecule has 1 aromatic rings. The van der Waals surface area contributed by atoms with E-state index in [1.807, 2.05) is 6.92 Å². The molecule has 5 nitrogen and oxygen atoms in total. The van der Waals surface area contributed by atoms with E-state index in [0.717, 1.165) is 0 Å². The first-order chi connectivity index (χ1) is 8.41. The highest BCUT2D eigenvalue weighted by molar-refractivity contribution is 7.89. The molecule has 0 saturated carbocycles. The van der Waals surface area contributed by atoms with Crippen LogP contribution in [0.3, 0.4) is 0 Å². The zero-order chi connectivity index (χ0) is 13.3. The number of phenolic OH excluding ortho intramolecular Hbond substituents is 1. The summed E-state index contributed by atoms with van der Waals surface area (Å²) in [6.45, 7) is 2.49. The average molecular weight is 271 g/mol. The molecular weight excluding hydrogens is 254 g/mol. The first kappa shape index (κ1) is 13.3. The van der Waals surface area contributed by atoms with E-state index in [4.69, 9.17) is 5.11 Å². The molecule has 2 rings (SSSR count). The molecular formula is C12H17NO4S. The summed E-state index contributed by atoms with van der Waals surface area (Å²) in [6, 6.07) is 5.49. The lowest BCUT2D eigenvalue weighted by atomic mass is 9.99. The second kappa shape index (κ2) is 4.87. The Labute approximate surface area is 107 Å². The second-order valence-electron chi connectivity index (χ2n) is 4.69. The summed E-state index contributed by atoms with van der Waals surface area (Å²) < 4.78 is 26.0. The Morgan fingerprint density at radius 3 is 2.44 bits per heavy atom. The van der Waals surface area contributed by atoms with Gasteiger partial charge in [-0.3, -0.25) is 0 Å². The number of hydrogen-bond donors (Lipinski definition) is 2. The fraction of sp³-hybridized carbons (Fsp3) is 0.500. The molecule has 1 fully saturated rings. The van der Waals surface area contributed by atoms with Crippen LogP contribution >= 0.6 is 0 Å². The van der Waals surface area contributed by atoms with Gasteiger partial charge < -0.3 is 10.2 Å². The van der Waals surface area contributed by atoms with Gasteiger partial charge in [-0.05, 0) is 36.6 Å². The topological polar surface area (TPSA) is 77.8 Å². The van der Waals surface area contributed by atoms with Gasteiger partial charge in [0.25, 0.3) is 0 Å². The summed E-state index contributed by atoms with van der Waals surface area (Å²) in [5.41, 5.74) is 0. The zero-order valence-electron chi connectivity index (χ0n) is 10.2. The summed E-state index contributed by atoms with van der Waals surface area (Å²) >= 11 is 0. The minimum atomic E-state index is -3.52. The molecule has 1 aliphatic rings. The summed E-state index contributed by atoms with van der Waals surface area (Å²) in [6.07, 6.45) is 0.0228. The molecule has 0 amide bonds. The van der Waals surface area contributed by atoms with Crippen LogP contribution in [-0.2, 0) is 10.0 Å². The number of aliphatic hydroxyl groups excluding tert-OH is 1. The molecule has 1 saturated heterocycles. The number of benzene rings is 1. The van der Waals surface area contributed by atoms with Gasteiger partial charge in [0.2, 0.25) is 10.0 Å². The Kier molecular flexibility index (Phi) is 3.61. The molecule has 1 aliphatic heterocycles. The number of aliphatic hydroxyl groups is 1. The van der Waals surface area contributed by atoms with Crippen LogP contribution in [0, 0.1) is 5.92 Å². The van der Waals surface area contributed by atoms with Crippen molar-refractivity contribution < 1.29 is 18.6 Å². The summed E-state index contributed by atoms with van der Waals surface area (Å²) in [7, 11) is -3.52. The average Bonchev–Trinajstić information content (AvgIpc) is 2.33. The molecule has 0 aromatic heterocycles. The molecule has 2 atom stereocenters. The quantitative estimate of drug-likeness (QED) is 0.833. The Morgan fingerprint density at radius 2 is 1.89 bits per heavy atom. The SMILES string of the molecule is CC1CN(S(=O)(=O)c2ccc(O)cc2)CCC1O. The number of piperidine rings is 1. The third kappa shape index (κ3) is 2.50. The van der Waals surface area contributed by atoms with Crippen LogP contribution in [0.2, 0.25) is 0 Å². The zero-order valence-corrected chi connectivity index (χ0v) is 11.0. The van der Waals surface area contributed by atoms with Gasteiger partial charge in [-0.25, -0.2) is 8.42 Å². The van der Waals surface area contributed by atoms with E-state index in [-0.39, 0.29) is 16.6 Å². The van der Waals surface area contributed by atoms with Crippen molar-refractivity contribution in [2.24, 2.45) is 5.92 Å². The van der Waals surface area contributed by atoms with Gasteiger partial charge in [0.05, 0.1) is 11.0 Å². The van der Waals surface area contributed by atoms with Crippen molar-refractivity contribution in [3.63, 3.8) is 0 Å². The van der Waals surface area contributed by atoms with Crippen molar-refractivity contribution in [1.82, 2.24) is 4.31 Å². The maximum absolute atomic E-state index is 12.3. The van der Waals surface area contributed by atoms with Crippen LogP contribution in [-0.4, -0.2) is 42.1 Å². The lowest BCUT2D eigenvalue weighted by Gasteiger charge is -2.33. The van der Waals surface area contributed by atoms with Crippen LogP contribution in [0.5, 0.6) is 5.75 Å². The van der Waals surface area contributed by atoms with Gasteiger partial charge in [0.1, 0.15) is 5.75 Å². The first-order valence-electron chi connectivity index (χ1n) is 5.88. The van der Waals surface area contributed by atoms with E-state index in [2.05, 4.69) is 0 Å². The van der Waals surface area contributed by atoms with E-state index in [1.165, 1.54) is 28.6 Å². The van der Waals surface area contributed by atoms with Crippen LogP contribution in [0.4, 0.5) is 0 Å². The number of aromatic hydroxyl groups is 1. The number of rotatable bonds is 2. The molecule has 0 spiro atoms. The van der Waals surface area contributed by atoms with Crippen LogP contribution < -0.4 is 0 Å². The van der Waals surface area contributed by atoms with Crippen molar-refractivity contribution >= 4 is 10.0 Å². The van der Waals surface area contributed by atoms with Crippen LogP contribution in [0.25, 0.3) is 0 Å². The van der Waals surface area contributed by atoms with Crippen LogP contribution in [0.15, 0.2) is 29.2 Å². The van der Waals surface area contributed by atoms with Crippen molar-refractivity contribution in [2.45, 2.75) is 24.3 Å². The first-order valence-corrected chi connectivity index (χ1v) is 7.32. The van der Waals surface area contributed by atoms with E-state index in [0.29, 0.717) is 19.5 Å². The Bertz CT molecular complexity index is 511. The maximum Gasteiger partial charge on any atom is 0.243 e. The standard InChI is InChI=1S/C12H17NO4S/c1-9-8-13(7-6-12(9)15)18(16,17)11-4-2-10(14)3-5-11/h2-5,9,12,14-15H,6-8H2,1H3. The van der Waals surface area contributed by atoms with Gasteiger partial charge in [0, 0.05) is 13.1 Å². The number of nitrogens with zero attached hydrogens (tertiary/aromatic N) is 1. The smallest absolute Gasteiger partial charge is 0.243 e. The van der Waals surface area contributed by atoms with Crippen LogP contribution in [0.1, 0.15) is 13.3 Å². The fourth-order valence-corrected chi connectivity index (χ4v) is 3.64. The Morgan fingerprint density at radius 1 is 1.28 bits per heavy atom. The predicted molar refractivity (Wildman–Crippen MR) is 66.7 cm³/mol. The minimum Gasteiger partial charge on any atom is -0.508 e. The maximum atomic E-state index is 12.3. The van der Waals surface area contributed by atoms with Gasteiger partial charge >= 0.3 is 0 Å². The van der Waals surface area contributed by atoms with Crippen molar-refractivity contribution in [3.05, 3.63) is 24.3 Å². The highest BCUT2D eigenvalue weighted by Gasteiger charge is 2.32. The molecule has 100 valence electrons. The minimum absolute atomic E-state index is 0.0383. The van der Waals surface area contributed by atoms with Gasteiger partial charge in [-0.1, -0.05) is 6.92 Å². The lowest BCUT2D eigenvalue weighted by molar-refractivity contribution is 0.0628. The molecule has 6 heteroatoms. The number of hydrogen-bond acceptors (Lipinski definition) is 4. The van der Waals surface area contributed by atoms with Gasteiger partial charge in [0.15, 0.2) is 0 Å². The van der Waals surface area contributed by atoms with E-state index >= 15 is 0 Å². The molecule has 18 heavy (non-hydrogen) atoms. The van der Waals surface area contributed by atoms with Crippen molar-refractivity contribution in [1.29, 1.82) is 0 Å². The molecule has 0 radical (unpaired) electrons. The Hall–Kier alpha value is -1.11. The largest absolute Gasteiger partial charge is 0.508 e. The normalized spacial score (nSPS) is 26.1. The van der Waals surface area contributed by atoms with E-state index < -0.39 is 16.1 Å². The lowest BCUT2D eigenvalue weighted by Crippen LogP contribution is -2.44. The van der Waals surface area contributed by atoms with E-state index in [9.17, 15) is 13.5 Å². The van der Waals surface area contributed by atoms with Crippen molar-refractivity contribution in [2.75, 3.05) is 13.1 Å². The predicted octanol–water partition coefficient (Wildman–Crippen LogP) is 0.784. The van der Waals surface area contributed by atoms with E-state index in [1.54, 1.807) is 0 Å². The molecule has 2 N–H and O–H groups in total. The number of phenols is 1.